The highest BCUT2D eigenvalue weighted by molar-refractivity contribution is 6.30. The molecule has 0 aliphatic carbocycles. The molecule has 0 aliphatic rings. The number of aryl methyl sites for hydroxylation is 1. The van der Waals surface area contributed by atoms with E-state index in [-0.39, 0.29) is 5.69 Å². The molecule has 0 saturated heterocycles. The standard InChI is InChI=1S/C12H9ClN2O2/c1-8-6-15-11(7-14-8)12(16)17-10-4-2-3-9(13)5-10/h2-7H,1H3. The highest BCUT2D eigenvalue weighted by Crippen LogP contribution is 2.17. The van der Waals surface area contributed by atoms with Gasteiger partial charge in [0.2, 0.25) is 0 Å². The number of esters is 1. The van der Waals surface area contributed by atoms with Crippen molar-refractivity contribution in [1.82, 2.24) is 9.97 Å². The molecule has 0 aliphatic heterocycles. The highest BCUT2D eigenvalue weighted by atomic mass is 35.5. The molecule has 0 spiro atoms. The lowest BCUT2D eigenvalue weighted by Crippen LogP contribution is -2.11. The van der Waals surface area contributed by atoms with E-state index in [0.29, 0.717) is 10.8 Å². The number of rotatable bonds is 2. The Morgan fingerprint density at radius 1 is 1.29 bits per heavy atom. The van der Waals surface area contributed by atoms with E-state index in [0.717, 1.165) is 5.69 Å². The summed E-state index contributed by atoms with van der Waals surface area (Å²) in [5.74, 6) is -0.176. The summed E-state index contributed by atoms with van der Waals surface area (Å²) in [7, 11) is 0. The van der Waals surface area contributed by atoms with E-state index in [1.165, 1.54) is 12.4 Å². The zero-order valence-electron chi connectivity index (χ0n) is 9.05. The van der Waals surface area contributed by atoms with Crippen molar-refractivity contribution in [2.24, 2.45) is 0 Å². The first kappa shape index (κ1) is 11.5. The molecule has 0 amide bonds. The van der Waals surface area contributed by atoms with Gasteiger partial charge in [-0.3, -0.25) is 4.98 Å². The van der Waals surface area contributed by atoms with Gasteiger partial charge in [-0.2, -0.15) is 0 Å². The van der Waals surface area contributed by atoms with Crippen molar-refractivity contribution in [2.45, 2.75) is 6.92 Å². The summed E-state index contributed by atoms with van der Waals surface area (Å²) in [6.45, 7) is 1.79. The summed E-state index contributed by atoms with van der Waals surface area (Å²) in [6.07, 6.45) is 2.89. The van der Waals surface area contributed by atoms with Crippen molar-refractivity contribution in [3.63, 3.8) is 0 Å². The fourth-order valence-electron chi connectivity index (χ4n) is 1.19. The summed E-state index contributed by atoms with van der Waals surface area (Å²) < 4.78 is 5.10. The SMILES string of the molecule is Cc1cnc(C(=O)Oc2cccc(Cl)c2)cn1. The molecule has 4 nitrogen and oxygen atoms in total. The molecule has 1 heterocycles. The molecule has 0 radical (unpaired) electrons. The number of carbonyl (C=O) groups is 1. The third-order valence-electron chi connectivity index (χ3n) is 2.00. The molecule has 0 bridgehead atoms. The maximum absolute atomic E-state index is 11.7. The summed E-state index contributed by atoms with van der Waals surface area (Å²) in [6, 6.07) is 6.60. The molecular weight excluding hydrogens is 240 g/mol. The second-order valence-corrected chi connectivity index (χ2v) is 3.83. The van der Waals surface area contributed by atoms with Crippen LogP contribution in [0.3, 0.4) is 0 Å². The van der Waals surface area contributed by atoms with Crippen LogP contribution in [0.2, 0.25) is 5.02 Å². The van der Waals surface area contributed by atoms with Crippen LogP contribution in [-0.4, -0.2) is 15.9 Å². The molecule has 0 atom stereocenters. The quantitative estimate of drug-likeness (QED) is 0.606. The van der Waals surface area contributed by atoms with Crippen molar-refractivity contribution >= 4 is 17.6 Å². The first-order valence-electron chi connectivity index (χ1n) is 4.91. The van der Waals surface area contributed by atoms with E-state index < -0.39 is 5.97 Å². The van der Waals surface area contributed by atoms with Crippen LogP contribution in [0, 0.1) is 6.92 Å². The van der Waals surface area contributed by atoms with Gasteiger partial charge in [0.25, 0.3) is 0 Å². The Hall–Kier alpha value is -1.94. The number of carbonyl (C=O) groups excluding carboxylic acids is 1. The smallest absolute Gasteiger partial charge is 0.363 e. The lowest BCUT2D eigenvalue weighted by Gasteiger charge is -2.03. The number of benzene rings is 1. The molecule has 17 heavy (non-hydrogen) atoms. The average Bonchev–Trinajstić information content (AvgIpc) is 2.29. The Bertz CT molecular complexity index is 540. The Morgan fingerprint density at radius 2 is 2.12 bits per heavy atom. The lowest BCUT2D eigenvalue weighted by molar-refractivity contribution is 0.0728. The van der Waals surface area contributed by atoms with E-state index >= 15 is 0 Å². The normalized spacial score (nSPS) is 10.0. The van der Waals surface area contributed by atoms with Crippen LogP contribution in [0.4, 0.5) is 0 Å². The molecule has 1 aromatic carbocycles. The summed E-state index contributed by atoms with van der Waals surface area (Å²) in [5.41, 5.74) is 0.903. The van der Waals surface area contributed by atoms with Crippen LogP contribution in [0.1, 0.15) is 16.2 Å². The molecule has 2 rings (SSSR count). The van der Waals surface area contributed by atoms with Crippen LogP contribution in [-0.2, 0) is 0 Å². The predicted octanol–water partition coefficient (Wildman–Crippen LogP) is 2.66. The second-order valence-electron chi connectivity index (χ2n) is 3.39. The van der Waals surface area contributed by atoms with Crippen molar-refractivity contribution in [3.8, 4) is 5.75 Å². The van der Waals surface area contributed by atoms with Gasteiger partial charge in [0.1, 0.15) is 5.75 Å². The Morgan fingerprint density at radius 3 is 2.76 bits per heavy atom. The fraction of sp³-hybridized carbons (Fsp3) is 0.0833. The summed E-state index contributed by atoms with van der Waals surface area (Å²) in [5, 5.41) is 0.505. The first-order valence-corrected chi connectivity index (χ1v) is 5.29. The number of aromatic nitrogens is 2. The van der Waals surface area contributed by atoms with Crippen molar-refractivity contribution in [1.29, 1.82) is 0 Å². The van der Waals surface area contributed by atoms with Crippen LogP contribution in [0.15, 0.2) is 36.7 Å². The minimum absolute atomic E-state index is 0.163. The van der Waals surface area contributed by atoms with Gasteiger partial charge in [-0.05, 0) is 25.1 Å². The Kier molecular flexibility index (Phi) is 3.35. The maximum atomic E-state index is 11.7. The number of nitrogens with zero attached hydrogens (tertiary/aromatic N) is 2. The Labute approximate surface area is 103 Å². The van der Waals surface area contributed by atoms with E-state index in [9.17, 15) is 4.79 Å². The van der Waals surface area contributed by atoms with E-state index in [2.05, 4.69) is 9.97 Å². The van der Waals surface area contributed by atoms with Crippen molar-refractivity contribution in [2.75, 3.05) is 0 Å². The number of ether oxygens (including phenoxy) is 1. The summed E-state index contributed by atoms with van der Waals surface area (Å²) >= 11 is 5.78. The monoisotopic (exact) mass is 248 g/mol. The molecule has 1 aromatic heterocycles. The van der Waals surface area contributed by atoms with Crippen molar-refractivity contribution < 1.29 is 9.53 Å². The first-order chi connectivity index (χ1) is 8.15. The maximum Gasteiger partial charge on any atom is 0.363 e. The molecule has 5 heteroatoms. The third-order valence-corrected chi connectivity index (χ3v) is 2.23. The highest BCUT2D eigenvalue weighted by Gasteiger charge is 2.10. The van der Waals surface area contributed by atoms with Crippen molar-refractivity contribution in [3.05, 3.63) is 53.1 Å². The summed E-state index contributed by atoms with van der Waals surface area (Å²) in [4.78, 5) is 19.6. The molecule has 0 N–H and O–H groups in total. The van der Waals surface area contributed by atoms with E-state index in [1.807, 2.05) is 0 Å². The van der Waals surface area contributed by atoms with E-state index in [1.54, 1.807) is 31.2 Å². The van der Waals surface area contributed by atoms with Gasteiger partial charge in [-0.15, -0.1) is 0 Å². The number of halogens is 1. The second kappa shape index (κ2) is 4.93. The van der Waals surface area contributed by atoms with Gasteiger partial charge in [0.15, 0.2) is 5.69 Å². The van der Waals surface area contributed by atoms with Gasteiger partial charge in [0, 0.05) is 11.2 Å². The zero-order valence-corrected chi connectivity index (χ0v) is 9.81. The minimum atomic E-state index is -0.556. The zero-order chi connectivity index (χ0) is 12.3. The van der Waals surface area contributed by atoms with Gasteiger partial charge < -0.3 is 4.74 Å². The molecular formula is C12H9ClN2O2. The van der Waals surface area contributed by atoms with Gasteiger partial charge in [-0.1, -0.05) is 17.7 Å². The molecule has 86 valence electrons. The van der Waals surface area contributed by atoms with Crippen LogP contribution < -0.4 is 4.74 Å². The predicted molar refractivity (Wildman–Crippen MR) is 63.2 cm³/mol. The van der Waals surface area contributed by atoms with Crippen LogP contribution >= 0.6 is 11.6 Å². The van der Waals surface area contributed by atoms with Gasteiger partial charge in [-0.25, -0.2) is 9.78 Å². The van der Waals surface area contributed by atoms with Crippen LogP contribution in [0.25, 0.3) is 0 Å². The minimum Gasteiger partial charge on any atom is -0.422 e. The van der Waals surface area contributed by atoms with Gasteiger partial charge >= 0.3 is 5.97 Å². The molecule has 0 fully saturated rings. The largest absolute Gasteiger partial charge is 0.422 e. The lowest BCUT2D eigenvalue weighted by atomic mass is 10.3. The topological polar surface area (TPSA) is 52.1 Å². The van der Waals surface area contributed by atoms with Crippen LogP contribution in [0.5, 0.6) is 5.75 Å². The number of hydrogen-bond acceptors (Lipinski definition) is 4. The molecule has 0 unspecified atom stereocenters. The fourth-order valence-corrected chi connectivity index (χ4v) is 1.37. The third kappa shape index (κ3) is 3.01. The molecule has 0 saturated carbocycles. The van der Waals surface area contributed by atoms with Gasteiger partial charge in [0.05, 0.1) is 11.9 Å². The molecule has 2 aromatic rings. The average molecular weight is 249 g/mol. The number of hydrogen-bond donors (Lipinski definition) is 0. The Balaban J connectivity index is 2.14. The van der Waals surface area contributed by atoms with E-state index in [4.69, 9.17) is 16.3 Å².